The van der Waals surface area contributed by atoms with Crippen LogP contribution in [0.3, 0.4) is 0 Å². The van der Waals surface area contributed by atoms with Crippen LogP contribution in [0.1, 0.15) is 70.4 Å². The molecule has 2 heterocycles. The van der Waals surface area contributed by atoms with Crippen LogP contribution in [0.5, 0.6) is 0 Å². The minimum absolute atomic E-state index is 0.131. The molecule has 4 nitrogen and oxygen atoms in total. The van der Waals surface area contributed by atoms with Crippen molar-refractivity contribution in [3.8, 4) is 0 Å². The Balaban J connectivity index is 1.19. The summed E-state index contributed by atoms with van der Waals surface area (Å²) < 4.78 is 0. The SMILES string of the molecule is O=C1c2ccccc2C(=O)N1CCCCN1CCCCC12CCc1ccccc1C2. The highest BCUT2D eigenvalue weighted by molar-refractivity contribution is 6.21. The third kappa shape index (κ3) is 3.37. The van der Waals surface area contributed by atoms with E-state index < -0.39 is 0 Å². The monoisotopic (exact) mass is 402 g/mol. The maximum Gasteiger partial charge on any atom is 0.261 e. The van der Waals surface area contributed by atoms with E-state index in [-0.39, 0.29) is 11.8 Å². The highest BCUT2D eigenvalue weighted by atomic mass is 16.2. The van der Waals surface area contributed by atoms with E-state index in [1.54, 1.807) is 12.1 Å². The average molecular weight is 403 g/mol. The largest absolute Gasteiger partial charge is 0.297 e. The molecule has 30 heavy (non-hydrogen) atoms. The van der Waals surface area contributed by atoms with Gasteiger partial charge in [-0.1, -0.05) is 42.8 Å². The molecule has 0 bridgehead atoms. The zero-order chi connectivity index (χ0) is 20.6. The molecule has 156 valence electrons. The van der Waals surface area contributed by atoms with Crippen molar-refractivity contribution in [2.24, 2.45) is 0 Å². The molecule has 2 aromatic carbocycles. The van der Waals surface area contributed by atoms with Crippen LogP contribution < -0.4 is 0 Å². The molecule has 0 aromatic heterocycles. The molecule has 4 heteroatoms. The second-order valence-electron chi connectivity index (χ2n) is 9.13. The molecule has 1 atom stereocenters. The van der Waals surface area contributed by atoms with Crippen molar-refractivity contribution >= 4 is 11.8 Å². The second kappa shape index (κ2) is 7.99. The first kappa shape index (κ1) is 19.5. The summed E-state index contributed by atoms with van der Waals surface area (Å²) in [6.07, 6.45) is 9.40. The van der Waals surface area contributed by atoms with E-state index in [0.29, 0.717) is 23.2 Å². The zero-order valence-corrected chi connectivity index (χ0v) is 17.6. The van der Waals surface area contributed by atoms with E-state index in [0.717, 1.165) is 19.4 Å². The van der Waals surface area contributed by atoms with Gasteiger partial charge in [-0.3, -0.25) is 19.4 Å². The summed E-state index contributed by atoms with van der Waals surface area (Å²) in [6, 6.07) is 16.1. The van der Waals surface area contributed by atoms with Gasteiger partial charge < -0.3 is 0 Å². The van der Waals surface area contributed by atoms with Gasteiger partial charge >= 0.3 is 0 Å². The lowest BCUT2D eigenvalue weighted by atomic mass is 9.72. The maximum atomic E-state index is 12.6. The molecule has 2 aromatic rings. The quantitative estimate of drug-likeness (QED) is 0.547. The van der Waals surface area contributed by atoms with Gasteiger partial charge in [-0.2, -0.15) is 0 Å². The first-order valence-corrected chi connectivity index (χ1v) is 11.5. The molecule has 1 fully saturated rings. The molecular formula is C26H30N2O2. The number of amides is 2. The molecule has 3 aliphatic rings. The summed E-state index contributed by atoms with van der Waals surface area (Å²) in [5.74, 6) is -0.261. The molecule has 1 saturated heterocycles. The number of fused-ring (bicyclic) bond motifs is 2. The third-order valence-corrected chi connectivity index (χ3v) is 7.43. The molecule has 2 aliphatic heterocycles. The van der Waals surface area contributed by atoms with Crippen molar-refractivity contribution in [1.82, 2.24) is 9.80 Å². The number of benzene rings is 2. The van der Waals surface area contributed by atoms with Gasteiger partial charge in [0.05, 0.1) is 11.1 Å². The van der Waals surface area contributed by atoms with Crippen molar-refractivity contribution in [2.45, 2.75) is 56.9 Å². The Bertz CT molecular complexity index is 934. The summed E-state index contributed by atoms with van der Waals surface area (Å²) >= 11 is 0. The van der Waals surface area contributed by atoms with Gasteiger partial charge in [-0.25, -0.2) is 0 Å². The number of carbonyl (C=O) groups is 2. The second-order valence-corrected chi connectivity index (χ2v) is 9.13. The third-order valence-electron chi connectivity index (χ3n) is 7.43. The summed E-state index contributed by atoms with van der Waals surface area (Å²) in [7, 11) is 0. The molecule has 0 N–H and O–H groups in total. The lowest BCUT2D eigenvalue weighted by molar-refractivity contribution is 0.0317. The number of hydrogen-bond donors (Lipinski definition) is 0. The summed E-state index contributed by atoms with van der Waals surface area (Å²) in [6.45, 7) is 2.76. The number of imide groups is 1. The number of piperidine rings is 1. The van der Waals surface area contributed by atoms with Gasteiger partial charge in [-0.15, -0.1) is 0 Å². The predicted molar refractivity (Wildman–Crippen MR) is 118 cm³/mol. The van der Waals surface area contributed by atoms with Crippen LogP contribution in [0.15, 0.2) is 48.5 Å². The number of likely N-dealkylation sites (tertiary alicyclic amines) is 1. The maximum absolute atomic E-state index is 12.6. The van der Waals surface area contributed by atoms with Crippen LogP contribution in [0, 0.1) is 0 Å². The van der Waals surface area contributed by atoms with Crippen LogP contribution in [0.2, 0.25) is 0 Å². The Morgan fingerprint density at radius 1 is 0.767 bits per heavy atom. The first-order chi connectivity index (χ1) is 14.7. The minimum Gasteiger partial charge on any atom is -0.297 e. The number of aryl methyl sites for hydroxylation is 1. The molecule has 2 amide bonds. The number of rotatable bonds is 5. The van der Waals surface area contributed by atoms with Gasteiger partial charge in [0, 0.05) is 12.1 Å². The van der Waals surface area contributed by atoms with Crippen LogP contribution in [0.25, 0.3) is 0 Å². The summed E-state index contributed by atoms with van der Waals surface area (Å²) in [5.41, 5.74) is 4.47. The van der Waals surface area contributed by atoms with Gasteiger partial charge in [0.2, 0.25) is 0 Å². The number of carbonyl (C=O) groups excluding carboxylic acids is 2. The Morgan fingerprint density at radius 3 is 2.20 bits per heavy atom. The van der Waals surface area contributed by atoms with Gasteiger partial charge in [0.15, 0.2) is 0 Å². The molecule has 1 spiro atoms. The van der Waals surface area contributed by atoms with E-state index in [2.05, 4.69) is 29.2 Å². The van der Waals surface area contributed by atoms with Gasteiger partial charge in [-0.05, 0) is 81.3 Å². The summed E-state index contributed by atoms with van der Waals surface area (Å²) in [4.78, 5) is 29.3. The molecule has 1 unspecified atom stereocenters. The van der Waals surface area contributed by atoms with Crippen LogP contribution in [-0.2, 0) is 12.8 Å². The summed E-state index contributed by atoms with van der Waals surface area (Å²) in [5, 5.41) is 0. The van der Waals surface area contributed by atoms with Crippen LogP contribution in [-0.4, -0.2) is 46.8 Å². The van der Waals surface area contributed by atoms with Crippen LogP contribution in [0.4, 0.5) is 0 Å². The highest BCUT2D eigenvalue weighted by Gasteiger charge is 2.41. The van der Waals surface area contributed by atoms with Crippen molar-refractivity contribution in [2.75, 3.05) is 19.6 Å². The predicted octanol–water partition coefficient (Wildman–Crippen LogP) is 4.48. The fourth-order valence-corrected chi connectivity index (χ4v) is 5.78. The zero-order valence-electron chi connectivity index (χ0n) is 17.6. The average Bonchev–Trinajstić information content (AvgIpc) is 3.03. The molecular weight excluding hydrogens is 372 g/mol. The first-order valence-electron chi connectivity index (χ1n) is 11.5. The number of nitrogens with zero attached hydrogens (tertiary/aromatic N) is 2. The van der Waals surface area contributed by atoms with Gasteiger partial charge in [0.25, 0.3) is 11.8 Å². The van der Waals surface area contributed by atoms with E-state index in [1.807, 2.05) is 12.1 Å². The fourth-order valence-electron chi connectivity index (χ4n) is 5.78. The van der Waals surface area contributed by atoms with Gasteiger partial charge in [0.1, 0.15) is 0 Å². The Kier molecular flexibility index (Phi) is 5.20. The Labute approximate surface area is 178 Å². The number of unbranched alkanes of at least 4 members (excludes halogenated alkanes) is 1. The molecule has 0 radical (unpaired) electrons. The topological polar surface area (TPSA) is 40.6 Å². The van der Waals surface area contributed by atoms with Crippen molar-refractivity contribution in [3.63, 3.8) is 0 Å². The van der Waals surface area contributed by atoms with E-state index in [9.17, 15) is 9.59 Å². The molecule has 1 aliphatic carbocycles. The number of hydrogen-bond acceptors (Lipinski definition) is 3. The normalized spacial score (nSPS) is 23.7. The van der Waals surface area contributed by atoms with E-state index in [4.69, 9.17) is 0 Å². The van der Waals surface area contributed by atoms with Crippen molar-refractivity contribution < 1.29 is 9.59 Å². The molecule has 5 rings (SSSR count). The molecule has 0 saturated carbocycles. The fraction of sp³-hybridized carbons (Fsp3) is 0.462. The van der Waals surface area contributed by atoms with Crippen LogP contribution >= 0.6 is 0 Å². The minimum atomic E-state index is -0.131. The Hall–Kier alpha value is -2.46. The lowest BCUT2D eigenvalue weighted by Gasteiger charge is -2.50. The van der Waals surface area contributed by atoms with E-state index >= 15 is 0 Å². The Morgan fingerprint density at radius 2 is 1.43 bits per heavy atom. The highest BCUT2D eigenvalue weighted by Crippen LogP contribution is 2.40. The van der Waals surface area contributed by atoms with Crippen molar-refractivity contribution in [3.05, 3.63) is 70.8 Å². The standard InChI is InChI=1S/C26H30N2O2/c29-24-22-11-3-4-12-23(22)25(30)28(24)18-8-7-17-27-16-6-5-14-26(27)15-13-20-9-1-2-10-21(20)19-26/h1-4,9-12H,5-8,13-19H2. The van der Waals surface area contributed by atoms with E-state index in [1.165, 1.54) is 61.1 Å². The van der Waals surface area contributed by atoms with Crippen molar-refractivity contribution in [1.29, 1.82) is 0 Å². The lowest BCUT2D eigenvalue weighted by Crippen LogP contribution is -2.55. The smallest absolute Gasteiger partial charge is 0.261 e.